The van der Waals surface area contributed by atoms with Crippen molar-refractivity contribution in [3.05, 3.63) is 178 Å². The smallest absolute Gasteiger partial charge is 0.0238 e. The molecule has 0 saturated carbocycles. The molecule has 2 aliphatic carbocycles. The molecule has 5 aromatic rings. The fourth-order valence-electron chi connectivity index (χ4n) is 6.26. The summed E-state index contributed by atoms with van der Waals surface area (Å²) in [4.78, 5) is 0. The standard InChI is InChI=1S/C16H13.C14H14.C11H12P.Hf/c1-12-10-14-8-5-9-15(16(14)11-12)13-6-3-2-4-7-13;1-3-7-13(8-4-1)11-12-14-9-5-2-6-10-14;1-12(2)11-7-9-5-3-4-6-10(9)8-11;/h2-11H,1H3;1-10H,11-12H2;3-8H,1-2H3;. The molecule has 2 heteroatoms. The molecule has 0 saturated heterocycles. The van der Waals surface area contributed by atoms with Crippen molar-refractivity contribution in [1.82, 2.24) is 0 Å². The van der Waals surface area contributed by atoms with Crippen molar-refractivity contribution in [1.29, 1.82) is 0 Å². The van der Waals surface area contributed by atoms with Crippen LogP contribution in [-0.2, 0) is 35.7 Å². The van der Waals surface area contributed by atoms with Gasteiger partial charge in [-0.1, -0.05) is 60.7 Å². The van der Waals surface area contributed by atoms with Gasteiger partial charge in [0.25, 0.3) is 0 Å². The van der Waals surface area contributed by atoms with Gasteiger partial charge in [0.1, 0.15) is 0 Å². The van der Waals surface area contributed by atoms with E-state index in [9.17, 15) is 0 Å². The van der Waals surface area contributed by atoms with E-state index in [0.717, 1.165) is 16.5 Å². The Hall–Kier alpha value is -3.12. The summed E-state index contributed by atoms with van der Waals surface area (Å²) in [7, 11) is -0.0411. The summed E-state index contributed by atoms with van der Waals surface area (Å²) in [6.45, 7) is 7.24. The summed E-state index contributed by atoms with van der Waals surface area (Å²) in [5.41, 5.74) is 13.3. The second kappa shape index (κ2) is 14.1. The summed E-state index contributed by atoms with van der Waals surface area (Å²) < 4.78 is 1.44. The van der Waals surface area contributed by atoms with Gasteiger partial charge in [0.15, 0.2) is 0 Å². The molecular formula is C41H39HfP. The van der Waals surface area contributed by atoms with E-state index >= 15 is 0 Å². The zero-order valence-corrected chi connectivity index (χ0v) is 29.9. The first-order chi connectivity index (χ1) is 21.1. The number of fused-ring (bicyclic) bond motifs is 2. The van der Waals surface area contributed by atoms with Crippen molar-refractivity contribution >= 4 is 20.1 Å². The second-order valence-corrected chi connectivity index (χ2v) is 19.3. The number of hydrogen-bond donors (Lipinski definition) is 0. The van der Waals surface area contributed by atoms with Crippen molar-refractivity contribution in [2.45, 2.75) is 27.1 Å². The summed E-state index contributed by atoms with van der Waals surface area (Å²) >= 11 is -1.04. The van der Waals surface area contributed by atoms with Crippen LogP contribution in [0.15, 0.2) is 144 Å². The Bertz CT molecular complexity index is 1680. The Labute approximate surface area is 270 Å². The van der Waals surface area contributed by atoms with Gasteiger partial charge in [-0.25, -0.2) is 0 Å². The summed E-state index contributed by atoms with van der Waals surface area (Å²) in [5, 5.41) is 1.74. The predicted molar refractivity (Wildman–Crippen MR) is 184 cm³/mol. The molecule has 5 aromatic carbocycles. The van der Waals surface area contributed by atoms with E-state index in [0.29, 0.717) is 3.67 Å². The third kappa shape index (κ3) is 7.01. The minimum absolute atomic E-state index is 0.0411. The molecule has 2 aliphatic rings. The van der Waals surface area contributed by atoms with Crippen LogP contribution < -0.4 is 0 Å². The van der Waals surface area contributed by atoms with Gasteiger partial charge in [-0.05, 0) is 24.0 Å². The second-order valence-electron chi connectivity index (χ2n) is 11.7. The van der Waals surface area contributed by atoms with Crippen molar-refractivity contribution < 1.29 is 22.9 Å². The van der Waals surface area contributed by atoms with Crippen LogP contribution in [0, 0.1) is 0 Å². The first kappa shape index (κ1) is 29.9. The molecule has 0 aliphatic heterocycles. The summed E-state index contributed by atoms with van der Waals surface area (Å²) in [6, 6.07) is 48.2. The molecule has 0 heterocycles. The molecule has 0 radical (unpaired) electrons. The van der Waals surface area contributed by atoms with Crippen LogP contribution >= 0.6 is 7.92 Å². The van der Waals surface area contributed by atoms with Crippen LogP contribution in [0.1, 0.15) is 47.7 Å². The third-order valence-electron chi connectivity index (χ3n) is 8.51. The van der Waals surface area contributed by atoms with E-state index in [2.05, 4.69) is 166 Å². The third-order valence-corrected chi connectivity index (χ3v) is 18.2. The molecule has 43 heavy (non-hydrogen) atoms. The first-order valence-corrected chi connectivity index (χ1v) is 21.6. The molecule has 0 aromatic heterocycles. The van der Waals surface area contributed by atoms with Gasteiger partial charge in [-0.3, -0.25) is 0 Å². The molecule has 0 N–H and O–H groups in total. The predicted octanol–water partition coefficient (Wildman–Crippen LogP) is 11.2. The molecule has 2 atom stereocenters. The quantitative estimate of drug-likeness (QED) is 0.115. The van der Waals surface area contributed by atoms with E-state index in [4.69, 9.17) is 0 Å². The SMILES string of the molecule is CC1=Cc2c(-c3ccccc3)cccc2[CH]1[Hf][CH]1C(P(C)C)=Cc2ccccc21.c1ccc(CCc2ccccc2)cc1. The first-order valence-electron chi connectivity index (χ1n) is 15.3. The van der Waals surface area contributed by atoms with Crippen molar-refractivity contribution in [2.24, 2.45) is 0 Å². The van der Waals surface area contributed by atoms with E-state index in [1.54, 1.807) is 22.0 Å². The minimum Gasteiger partial charge on any atom is -0.0622 e. The fraction of sp³-hybridized carbons (Fsp3) is 0.171. The normalized spacial score (nSPS) is 16.5. The Morgan fingerprint density at radius 1 is 0.558 bits per heavy atom. The fourth-order valence-corrected chi connectivity index (χ4v) is 17.2. The van der Waals surface area contributed by atoms with Crippen molar-refractivity contribution in [3.8, 4) is 11.1 Å². The van der Waals surface area contributed by atoms with Gasteiger partial charge in [-0.2, -0.15) is 0 Å². The van der Waals surface area contributed by atoms with Crippen LogP contribution in [-0.4, -0.2) is 13.3 Å². The van der Waals surface area contributed by atoms with Gasteiger partial charge in [0, 0.05) is 0 Å². The van der Waals surface area contributed by atoms with Gasteiger partial charge >= 0.3 is 188 Å². The molecule has 0 nitrogen and oxygen atoms in total. The topological polar surface area (TPSA) is 0 Å². The number of hydrogen-bond acceptors (Lipinski definition) is 0. The number of aryl methyl sites for hydroxylation is 2. The molecular weight excluding hydrogens is 702 g/mol. The van der Waals surface area contributed by atoms with Gasteiger partial charge in [0.05, 0.1) is 0 Å². The van der Waals surface area contributed by atoms with Crippen molar-refractivity contribution in [2.75, 3.05) is 13.3 Å². The van der Waals surface area contributed by atoms with Crippen molar-refractivity contribution in [3.63, 3.8) is 0 Å². The molecule has 2 unspecified atom stereocenters. The zero-order chi connectivity index (χ0) is 29.6. The largest absolute Gasteiger partial charge is 0.0622 e. The Morgan fingerprint density at radius 2 is 1.12 bits per heavy atom. The number of benzene rings is 5. The monoisotopic (exact) mass is 742 g/mol. The van der Waals surface area contributed by atoms with Crippen LogP contribution in [0.2, 0.25) is 0 Å². The molecule has 0 spiro atoms. The maximum absolute atomic E-state index is 2.52. The van der Waals surface area contributed by atoms with E-state index in [-0.39, 0.29) is 7.92 Å². The van der Waals surface area contributed by atoms with Crippen LogP contribution in [0.4, 0.5) is 0 Å². The van der Waals surface area contributed by atoms with Gasteiger partial charge < -0.3 is 0 Å². The number of allylic oxidation sites excluding steroid dienone is 2. The van der Waals surface area contributed by atoms with Gasteiger partial charge in [0.2, 0.25) is 0 Å². The maximum Gasteiger partial charge on any atom is -0.0238 e. The summed E-state index contributed by atoms with van der Waals surface area (Å²) in [5.74, 6) is 0. The average Bonchev–Trinajstić information content (AvgIpc) is 3.59. The molecule has 0 amide bonds. The van der Waals surface area contributed by atoms with E-state index in [1.165, 1.54) is 33.4 Å². The summed E-state index contributed by atoms with van der Waals surface area (Å²) in [6.07, 6.45) is 7.27. The van der Waals surface area contributed by atoms with Gasteiger partial charge in [-0.15, -0.1) is 0 Å². The Balaban J connectivity index is 0.000000197. The van der Waals surface area contributed by atoms with E-state index < -0.39 is 22.9 Å². The van der Waals surface area contributed by atoms with Crippen LogP contribution in [0.25, 0.3) is 23.3 Å². The average molecular weight is 741 g/mol. The molecule has 0 bridgehead atoms. The van der Waals surface area contributed by atoms with E-state index in [1.807, 2.05) is 0 Å². The molecule has 212 valence electrons. The maximum atomic E-state index is 2.52. The molecule has 7 rings (SSSR count). The Morgan fingerprint density at radius 3 is 1.74 bits per heavy atom. The molecule has 0 fully saturated rings. The number of rotatable bonds is 7. The minimum atomic E-state index is -1.04. The zero-order valence-electron chi connectivity index (χ0n) is 25.4. The van der Waals surface area contributed by atoms with Crippen LogP contribution in [0.5, 0.6) is 0 Å². The Kier molecular flexibility index (Phi) is 9.82. The van der Waals surface area contributed by atoms with Crippen LogP contribution in [0.3, 0.4) is 0 Å².